The van der Waals surface area contributed by atoms with Crippen molar-refractivity contribution in [1.29, 1.82) is 0 Å². The van der Waals surface area contributed by atoms with Gasteiger partial charge in [0.2, 0.25) is 10.0 Å². The lowest BCUT2D eigenvalue weighted by atomic mass is 10.1. The second kappa shape index (κ2) is 9.30. The van der Waals surface area contributed by atoms with Crippen LogP contribution in [0.25, 0.3) is 0 Å². The molecule has 174 valence electrons. The predicted octanol–water partition coefficient (Wildman–Crippen LogP) is 2.46. The Morgan fingerprint density at radius 2 is 1.69 bits per heavy atom. The Labute approximate surface area is 182 Å². The van der Waals surface area contributed by atoms with Crippen LogP contribution in [-0.2, 0) is 16.2 Å². The van der Waals surface area contributed by atoms with E-state index in [0.29, 0.717) is 51.1 Å². The third kappa shape index (κ3) is 5.87. The number of alkyl halides is 3. The smallest absolute Gasteiger partial charge is 0.416 e. The van der Waals surface area contributed by atoms with Gasteiger partial charge in [0, 0.05) is 38.8 Å². The van der Waals surface area contributed by atoms with Crippen molar-refractivity contribution in [2.24, 2.45) is 5.14 Å². The number of nitro benzene ring substituents is 1. The average molecular weight is 474 g/mol. The van der Waals surface area contributed by atoms with Gasteiger partial charge in [-0.1, -0.05) is 0 Å². The highest BCUT2D eigenvalue weighted by Crippen LogP contribution is 2.36. The molecule has 2 aromatic carbocycles. The summed E-state index contributed by atoms with van der Waals surface area (Å²) in [6.07, 6.45) is -4.65. The van der Waals surface area contributed by atoms with Crippen molar-refractivity contribution in [3.63, 3.8) is 0 Å². The number of rotatable bonds is 7. The molecule has 1 fully saturated rings. The van der Waals surface area contributed by atoms with Crippen molar-refractivity contribution in [2.45, 2.75) is 11.1 Å². The van der Waals surface area contributed by atoms with Crippen LogP contribution in [0.4, 0.5) is 24.5 Å². The van der Waals surface area contributed by atoms with Crippen LogP contribution in [0.2, 0.25) is 0 Å². The molecule has 2 N–H and O–H groups in total. The molecule has 1 heterocycles. The number of nitrogens with two attached hydrogens (primary N) is 1. The Hall–Kier alpha value is -2.90. The van der Waals surface area contributed by atoms with Gasteiger partial charge in [0.05, 0.1) is 15.4 Å². The van der Waals surface area contributed by atoms with Crippen LogP contribution >= 0.6 is 0 Å². The maximum Gasteiger partial charge on any atom is 0.416 e. The molecule has 2 aromatic rings. The summed E-state index contributed by atoms with van der Waals surface area (Å²) < 4.78 is 66.7. The lowest BCUT2D eigenvalue weighted by molar-refractivity contribution is -0.384. The standard InChI is InChI=1S/C19H21F3N4O5S/c20-19(21,22)14-1-6-17(18(13-14)26(27)28)25-9-7-24(8-10-25)11-12-31-15-2-4-16(5-3-15)32(23,29)30/h1-6,13H,7-12H2,(H2,23,29,30). The lowest BCUT2D eigenvalue weighted by Crippen LogP contribution is -2.47. The van der Waals surface area contributed by atoms with Crippen LogP contribution < -0.4 is 14.8 Å². The number of benzene rings is 2. The number of nitrogens with zero attached hydrogens (tertiary/aromatic N) is 3. The van der Waals surface area contributed by atoms with E-state index in [4.69, 9.17) is 9.88 Å². The van der Waals surface area contributed by atoms with Crippen molar-refractivity contribution < 1.29 is 31.2 Å². The zero-order chi connectivity index (χ0) is 23.5. The van der Waals surface area contributed by atoms with Gasteiger partial charge >= 0.3 is 6.18 Å². The number of primary sulfonamides is 1. The minimum atomic E-state index is -4.65. The third-order valence-electron chi connectivity index (χ3n) is 5.04. The fourth-order valence-corrected chi connectivity index (χ4v) is 3.86. The Morgan fingerprint density at radius 3 is 2.22 bits per heavy atom. The summed E-state index contributed by atoms with van der Waals surface area (Å²) in [6.45, 7) is 2.80. The van der Waals surface area contributed by atoms with E-state index in [0.717, 1.165) is 12.1 Å². The van der Waals surface area contributed by atoms with E-state index in [1.54, 1.807) is 4.90 Å². The number of piperazine rings is 1. The number of nitro groups is 1. The first-order valence-electron chi connectivity index (χ1n) is 9.54. The number of anilines is 1. The van der Waals surface area contributed by atoms with Gasteiger partial charge in [-0.25, -0.2) is 13.6 Å². The van der Waals surface area contributed by atoms with Crippen LogP contribution in [0.1, 0.15) is 5.56 Å². The molecule has 0 unspecified atom stereocenters. The number of ether oxygens (including phenoxy) is 1. The zero-order valence-corrected chi connectivity index (χ0v) is 17.6. The second-order valence-corrected chi connectivity index (χ2v) is 8.71. The summed E-state index contributed by atoms with van der Waals surface area (Å²) in [7, 11) is -3.77. The molecule has 0 aromatic heterocycles. The molecule has 0 amide bonds. The second-order valence-electron chi connectivity index (χ2n) is 7.15. The van der Waals surface area contributed by atoms with Gasteiger partial charge in [0.1, 0.15) is 18.0 Å². The van der Waals surface area contributed by atoms with Crippen LogP contribution in [0.3, 0.4) is 0 Å². The molecule has 1 aliphatic rings. The molecule has 0 bridgehead atoms. The van der Waals surface area contributed by atoms with Gasteiger partial charge in [-0.15, -0.1) is 0 Å². The highest BCUT2D eigenvalue weighted by molar-refractivity contribution is 7.89. The first-order valence-corrected chi connectivity index (χ1v) is 11.1. The number of halogens is 3. The number of hydrogen-bond donors (Lipinski definition) is 1. The van der Waals surface area contributed by atoms with Crippen molar-refractivity contribution >= 4 is 21.4 Å². The van der Waals surface area contributed by atoms with Crippen LogP contribution in [0.15, 0.2) is 47.4 Å². The average Bonchev–Trinajstić information content (AvgIpc) is 2.73. The lowest BCUT2D eigenvalue weighted by Gasteiger charge is -2.35. The summed E-state index contributed by atoms with van der Waals surface area (Å²) >= 11 is 0. The maximum atomic E-state index is 12.9. The normalized spacial score (nSPS) is 15.6. The molecule has 0 spiro atoms. The molecule has 0 saturated carbocycles. The van der Waals surface area contributed by atoms with Crippen LogP contribution in [0.5, 0.6) is 5.75 Å². The van der Waals surface area contributed by atoms with Gasteiger partial charge in [-0.05, 0) is 36.4 Å². The highest BCUT2D eigenvalue weighted by Gasteiger charge is 2.34. The Kier molecular flexibility index (Phi) is 6.91. The fraction of sp³-hybridized carbons (Fsp3) is 0.368. The largest absolute Gasteiger partial charge is 0.492 e. The summed E-state index contributed by atoms with van der Waals surface area (Å²) in [4.78, 5) is 14.2. The Morgan fingerprint density at radius 1 is 1.06 bits per heavy atom. The molecule has 13 heteroatoms. The molecule has 9 nitrogen and oxygen atoms in total. The van der Waals surface area contributed by atoms with Gasteiger partial charge in [-0.3, -0.25) is 15.0 Å². The fourth-order valence-electron chi connectivity index (χ4n) is 3.34. The number of hydrogen-bond acceptors (Lipinski definition) is 7. The van der Waals surface area contributed by atoms with Crippen molar-refractivity contribution in [3.8, 4) is 5.75 Å². The van der Waals surface area contributed by atoms with Crippen LogP contribution in [-0.4, -0.2) is 57.6 Å². The predicted molar refractivity (Wildman–Crippen MR) is 110 cm³/mol. The van der Waals surface area contributed by atoms with Gasteiger partial charge in [-0.2, -0.15) is 13.2 Å². The summed E-state index contributed by atoms with van der Waals surface area (Å²) in [5.74, 6) is 0.483. The van der Waals surface area contributed by atoms with E-state index in [1.165, 1.54) is 24.3 Å². The van der Waals surface area contributed by atoms with Crippen molar-refractivity contribution in [1.82, 2.24) is 4.90 Å². The third-order valence-corrected chi connectivity index (χ3v) is 5.97. The van der Waals surface area contributed by atoms with Crippen molar-refractivity contribution in [3.05, 3.63) is 58.1 Å². The molecule has 0 aliphatic carbocycles. The molecular weight excluding hydrogens is 453 g/mol. The van der Waals surface area contributed by atoms with Gasteiger partial charge in [0.25, 0.3) is 5.69 Å². The summed E-state index contributed by atoms with van der Waals surface area (Å²) in [6, 6.07) is 8.26. The molecule has 1 saturated heterocycles. The Balaban J connectivity index is 1.54. The molecule has 0 atom stereocenters. The van der Waals surface area contributed by atoms with Gasteiger partial charge < -0.3 is 9.64 Å². The van der Waals surface area contributed by atoms with Crippen molar-refractivity contribution in [2.75, 3.05) is 44.2 Å². The molecular formula is C19H21F3N4O5S. The topological polar surface area (TPSA) is 119 Å². The first-order chi connectivity index (χ1) is 14.9. The SMILES string of the molecule is NS(=O)(=O)c1ccc(OCCN2CCN(c3ccc(C(F)(F)F)cc3[N+](=O)[O-])CC2)cc1. The van der Waals surface area contributed by atoms with E-state index in [-0.39, 0.29) is 10.6 Å². The number of sulfonamides is 1. The minimum Gasteiger partial charge on any atom is -0.492 e. The monoisotopic (exact) mass is 474 g/mol. The van der Waals surface area contributed by atoms with E-state index in [2.05, 4.69) is 4.90 Å². The highest BCUT2D eigenvalue weighted by atomic mass is 32.2. The molecule has 3 rings (SSSR count). The Bertz CT molecular complexity index is 1070. The van der Waals surface area contributed by atoms with E-state index < -0.39 is 32.4 Å². The zero-order valence-electron chi connectivity index (χ0n) is 16.8. The molecule has 32 heavy (non-hydrogen) atoms. The van der Waals surface area contributed by atoms with Gasteiger partial charge in [0.15, 0.2) is 0 Å². The summed E-state index contributed by atoms with van der Waals surface area (Å²) in [5.41, 5.74) is -1.46. The maximum absolute atomic E-state index is 12.9. The van der Waals surface area contributed by atoms with E-state index in [1.807, 2.05) is 0 Å². The quantitative estimate of drug-likeness (QED) is 0.484. The van der Waals surface area contributed by atoms with E-state index in [9.17, 15) is 31.7 Å². The van der Waals surface area contributed by atoms with E-state index >= 15 is 0 Å². The summed E-state index contributed by atoms with van der Waals surface area (Å²) in [5, 5.41) is 16.3. The molecule has 1 aliphatic heterocycles. The first kappa shape index (κ1) is 23.8. The van der Waals surface area contributed by atoms with Crippen LogP contribution in [0, 0.1) is 10.1 Å². The molecule has 0 radical (unpaired) electrons. The minimum absolute atomic E-state index is 0.0154.